The maximum Gasteiger partial charge on any atom is 0.326 e. The molecule has 4 N–H and O–H groups in total. The van der Waals surface area contributed by atoms with Gasteiger partial charge in [0, 0.05) is 24.3 Å². The molecule has 0 heterocycles. The molecule has 1 atom stereocenters. The second-order valence-corrected chi connectivity index (χ2v) is 6.10. The third-order valence-corrected chi connectivity index (χ3v) is 4.96. The maximum absolute atomic E-state index is 11.7. The number of aliphatic hydroxyl groups is 1. The van der Waals surface area contributed by atoms with E-state index in [0.717, 1.165) is 12.8 Å². The van der Waals surface area contributed by atoms with Crippen molar-refractivity contribution in [1.82, 2.24) is 10.6 Å². The van der Waals surface area contributed by atoms with Gasteiger partial charge in [-0.05, 0) is 19.1 Å². The molecule has 0 aromatic carbocycles. The lowest BCUT2D eigenvalue weighted by molar-refractivity contribution is -0.139. The molecule has 0 unspecified atom stereocenters. The van der Waals surface area contributed by atoms with Crippen LogP contribution in [0.25, 0.3) is 0 Å². The van der Waals surface area contributed by atoms with Gasteiger partial charge < -0.3 is 20.8 Å². The molecule has 0 aromatic heterocycles. The fraction of sp³-hybridized carbons (Fsp3) is 0.833. The van der Waals surface area contributed by atoms with Gasteiger partial charge >= 0.3 is 12.0 Å². The molecule has 0 aromatic rings. The number of rotatable bonds is 7. The van der Waals surface area contributed by atoms with Gasteiger partial charge in [0.25, 0.3) is 0 Å². The Balaban J connectivity index is 2.39. The summed E-state index contributed by atoms with van der Waals surface area (Å²) in [5.41, 5.74) is 0. The minimum atomic E-state index is -1.13. The minimum absolute atomic E-state index is 0.0103. The van der Waals surface area contributed by atoms with Crippen LogP contribution in [0.4, 0.5) is 4.79 Å². The molecule has 1 saturated carbocycles. The summed E-state index contributed by atoms with van der Waals surface area (Å²) in [5.74, 6) is -1.13. The van der Waals surface area contributed by atoms with Crippen LogP contribution in [0.2, 0.25) is 0 Å². The third-order valence-electron chi connectivity index (χ3n) is 3.54. The van der Waals surface area contributed by atoms with Gasteiger partial charge in [0.2, 0.25) is 0 Å². The van der Waals surface area contributed by atoms with Crippen LogP contribution in [-0.4, -0.2) is 52.4 Å². The Morgan fingerprint density at radius 1 is 1.37 bits per heavy atom. The van der Waals surface area contributed by atoms with E-state index in [-0.39, 0.29) is 17.8 Å². The van der Waals surface area contributed by atoms with E-state index >= 15 is 0 Å². The Kier molecular flexibility index (Phi) is 6.44. The number of carbonyl (C=O) groups is 2. The van der Waals surface area contributed by atoms with Crippen LogP contribution < -0.4 is 10.6 Å². The molecule has 1 aliphatic carbocycles. The summed E-state index contributed by atoms with van der Waals surface area (Å²) in [7, 11) is 0. The van der Waals surface area contributed by atoms with Crippen molar-refractivity contribution in [2.75, 3.05) is 19.4 Å². The van der Waals surface area contributed by atoms with Crippen molar-refractivity contribution in [3.63, 3.8) is 0 Å². The number of thioether (sulfide) groups is 1. The number of carbonyl (C=O) groups excluding carboxylic acids is 1. The van der Waals surface area contributed by atoms with Gasteiger partial charge in [0.15, 0.2) is 0 Å². The topological polar surface area (TPSA) is 98.7 Å². The molecular formula is C12H22N2O4S. The van der Waals surface area contributed by atoms with E-state index in [1.54, 1.807) is 11.8 Å². The number of carboxylic acids is 1. The number of amides is 2. The molecule has 0 saturated heterocycles. The molecule has 110 valence electrons. The monoisotopic (exact) mass is 290 g/mol. The summed E-state index contributed by atoms with van der Waals surface area (Å²) in [6.45, 7) is 0.275. The molecule has 1 fully saturated rings. The Hall–Kier alpha value is -0.950. The van der Waals surface area contributed by atoms with Gasteiger partial charge in [-0.2, -0.15) is 11.8 Å². The predicted molar refractivity (Wildman–Crippen MR) is 74.4 cm³/mol. The number of nitrogens with one attached hydrogen (secondary N) is 2. The average Bonchev–Trinajstić information content (AvgIpc) is 2.85. The van der Waals surface area contributed by atoms with Gasteiger partial charge in [-0.15, -0.1) is 0 Å². The summed E-state index contributed by atoms with van der Waals surface area (Å²) in [6.07, 6.45) is 6.55. The first kappa shape index (κ1) is 16.1. The lowest BCUT2D eigenvalue weighted by atomic mass is 10.1. The van der Waals surface area contributed by atoms with Crippen molar-refractivity contribution in [3.8, 4) is 0 Å². The van der Waals surface area contributed by atoms with Gasteiger partial charge in [-0.3, -0.25) is 0 Å². The van der Waals surface area contributed by atoms with Crippen LogP contribution in [0, 0.1) is 0 Å². The van der Waals surface area contributed by atoms with E-state index < -0.39 is 18.0 Å². The number of hydrogen-bond acceptors (Lipinski definition) is 4. The molecule has 0 aliphatic heterocycles. The first-order valence-electron chi connectivity index (χ1n) is 6.46. The van der Waals surface area contributed by atoms with E-state index in [0.29, 0.717) is 6.54 Å². The zero-order valence-electron chi connectivity index (χ0n) is 11.1. The van der Waals surface area contributed by atoms with Crippen molar-refractivity contribution in [1.29, 1.82) is 0 Å². The van der Waals surface area contributed by atoms with Crippen LogP contribution in [0.1, 0.15) is 32.1 Å². The number of aliphatic carboxylic acids is 1. The molecule has 19 heavy (non-hydrogen) atoms. The van der Waals surface area contributed by atoms with Crippen molar-refractivity contribution < 1.29 is 19.8 Å². The molecule has 0 spiro atoms. The number of hydrogen-bond donors (Lipinski definition) is 4. The van der Waals surface area contributed by atoms with E-state index in [1.807, 2.05) is 6.26 Å². The van der Waals surface area contributed by atoms with Crippen molar-refractivity contribution >= 4 is 23.8 Å². The van der Waals surface area contributed by atoms with E-state index in [2.05, 4.69) is 10.6 Å². The first-order valence-corrected chi connectivity index (χ1v) is 7.69. The molecule has 2 amide bonds. The van der Waals surface area contributed by atoms with Crippen LogP contribution in [0.5, 0.6) is 0 Å². The Labute approximate surface area is 117 Å². The maximum atomic E-state index is 11.7. The highest BCUT2D eigenvalue weighted by atomic mass is 32.2. The average molecular weight is 290 g/mol. The van der Waals surface area contributed by atoms with Crippen molar-refractivity contribution in [2.24, 2.45) is 0 Å². The zero-order chi connectivity index (χ0) is 14.3. The summed E-state index contributed by atoms with van der Waals surface area (Å²) in [4.78, 5) is 22.5. The number of urea groups is 1. The molecule has 6 nitrogen and oxygen atoms in total. The van der Waals surface area contributed by atoms with Gasteiger partial charge in [-0.25, -0.2) is 9.59 Å². The highest BCUT2D eigenvalue weighted by Crippen LogP contribution is 2.39. The molecule has 1 rings (SSSR count). The quantitative estimate of drug-likeness (QED) is 0.556. The van der Waals surface area contributed by atoms with Crippen LogP contribution in [-0.2, 0) is 4.79 Å². The summed E-state index contributed by atoms with van der Waals surface area (Å²) in [5, 5.41) is 22.7. The highest BCUT2D eigenvalue weighted by Gasteiger charge is 2.33. The molecule has 1 aliphatic rings. The molecule has 7 heteroatoms. The fourth-order valence-electron chi connectivity index (χ4n) is 2.31. The summed E-state index contributed by atoms with van der Waals surface area (Å²) in [6, 6.07) is -1.53. The normalized spacial score (nSPS) is 18.8. The SMILES string of the molecule is CSC1(CNC(=O)N[C@@H](CCO)C(=O)O)CCCC1. The number of aliphatic hydroxyl groups excluding tert-OH is 1. The van der Waals surface area contributed by atoms with E-state index in [1.165, 1.54) is 12.8 Å². The van der Waals surface area contributed by atoms with E-state index in [4.69, 9.17) is 10.2 Å². The Bertz CT molecular complexity index is 319. The highest BCUT2D eigenvalue weighted by molar-refractivity contribution is 8.00. The Morgan fingerprint density at radius 2 is 2.00 bits per heavy atom. The third kappa shape index (κ3) is 4.91. The fourth-order valence-corrected chi connectivity index (χ4v) is 3.22. The molecular weight excluding hydrogens is 268 g/mol. The first-order chi connectivity index (χ1) is 9.03. The largest absolute Gasteiger partial charge is 0.480 e. The second-order valence-electron chi connectivity index (χ2n) is 4.82. The van der Waals surface area contributed by atoms with Crippen LogP contribution in [0.3, 0.4) is 0 Å². The lowest BCUT2D eigenvalue weighted by Gasteiger charge is -2.27. The Morgan fingerprint density at radius 3 is 2.47 bits per heavy atom. The second kappa shape index (κ2) is 7.59. The standard InChI is InChI=1S/C12H22N2O4S/c1-19-12(5-2-3-6-12)8-13-11(18)14-9(4-7-15)10(16)17/h9,15H,2-8H2,1H3,(H,16,17)(H2,13,14,18)/t9-/m0/s1. The smallest absolute Gasteiger partial charge is 0.326 e. The molecule has 0 bridgehead atoms. The summed E-state index contributed by atoms with van der Waals surface area (Å²) < 4.78 is 0.0903. The lowest BCUT2D eigenvalue weighted by Crippen LogP contribution is -2.49. The zero-order valence-corrected chi connectivity index (χ0v) is 12.0. The minimum Gasteiger partial charge on any atom is -0.480 e. The van der Waals surface area contributed by atoms with Crippen molar-refractivity contribution in [2.45, 2.75) is 42.9 Å². The van der Waals surface area contributed by atoms with Gasteiger partial charge in [0.05, 0.1) is 0 Å². The summed E-state index contributed by atoms with van der Waals surface area (Å²) >= 11 is 1.76. The van der Waals surface area contributed by atoms with Crippen molar-refractivity contribution in [3.05, 3.63) is 0 Å². The predicted octanol–water partition coefficient (Wildman–Crippen LogP) is 0.797. The molecule has 0 radical (unpaired) electrons. The number of carboxylic acid groups (broad SMARTS) is 1. The van der Waals surface area contributed by atoms with Crippen LogP contribution in [0.15, 0.2) is 0 Å². The van der Waals surface area contributed by atoms with Gasteiger partial charge in [0.1, 0.15) is 6.04 Å². The van der Waals surface area contributed by atoms with Crippen LogP contribution >= 0.6 is 11.8 Å². The van der Waals surface area contributed by atoms with Gasteiger partial charge in [-0.1, -0.05) is 12.8 Å². The van der Waals surface area contributed by atoms with E-state index in [9.17, 15) is 9.59 Å².